The lowest BCUT2D eigenvalue weighted by Crippen LogP contribution is -2.62. The van der Waals surface area contributed by atoms with Crippen molar-refractivity contribution in [3.63, 3.8) is 0 Å². The van der Waals surface area contributed by atoms with Crippen LogP contribution in [0.15, 0.2) is 18.2 Å². The van der Waals surface area contributed by atoms with Crippen molar-refractivity contribution in [2.45, 2.75) is 24.4 Å². The highest BCUT2D eigenvalue weighted by Crippen LogP contribution is 2.35. The number of halogens is 4. The van der Waals surface area contributed by atoms with Crippen LogP contribution in [0, 0.1) is 5.82 Å². The van der Waals surface area contributed by atoms with Gasteiger partial charge < -0.3 is 10.0 Å². The number of carbonyl (C=O) groups excluding carboxylic acids is 1. The SMILES string of the molecule is O=C(c1ccc(F)cc1Cl)N1CC(N2CC(F)(F)C[C@H]2CO)C1. The topological polar surface area (TPSA) is 43.8 Å². The molecule has 0 unspecified atom stereocenters. The summed E-state index contributed by atoms with van der Waals surface area (Å²) in [6.45, 7) is -0.149. The predicted octanol–water partition coefficient (Wildman–Crippen LogP) is 2.01. The Balaban J connectivity index is 1.63. The fourth-order valence-corrected chi connectivity index (χ4v) is 3.43. The zero-order chi connectivity index (χ0) is 16.8. The summed E-state index contributed by atoms with van der Waals surface area (Å²) in [4.78, 5) is 15.3. The zero-order valence-corrected chi connectivity index (χ0v) is 12.9. The van der Waals surface area contributed by atoms with Gasteiger partial charge in [-0.15, -0.1) is 0 Å². The van der Waals surface area contributed by atoms with Crippen molar-refractivity contribution in [3.05, 3.63) is 34.6 Å². The van der Waals surface area contributed by atoms with Gasteiger partial charge in [-0.05, 0) is 18.2 Å². The quantitative estimate of drug-likeness (QED) is 0.908. The first-order valence-electron chi connectivity index (χ1n) is 7.29. The Morgan fingerprint density at radius 3 is 2.70 bits per heavy atom. The highest BCUT2D eigenvalue weighted by molar-refractivity contribution is 6.33. The maximum atomic E-state index is 13.5. The normalized spacial score (nSPS) is 24.7. The van der Waals surface area contributed by atoms with E-state index >= 15 is 0 Å². The molecule has 0 saturated carbocycles. The Hall–Kier alpha value is -1.31. The average molecular weight is 349 g/mol. The molecule has 3 rings (SSSR count). The summed E-state index contributed by atoms with van der Waals surface area (Å²) >= 11 is 5.87. The minimum Gasteiger partial charge on any atom is -0.395 e. The Kier molecular flexibility index (Phi) is 4.29. The van der Waals surface area contributed by atoms with Crippen LogP contribution in [0.3, 0.4) is 0 Å². The molecule has 1 amide bonds. The molecule has 0 radical (unpaired) electrons. The minimum atomic E-state index is -2.81. The molecule has 2 heterocycles. The molecule has 2 aliphatic heterocycles. The van der Waals surface area contributed by atoms with E-state index in [4.69, 9.17) is 11.6 Å². The molecule has 2 saturated heterocycles. The number of carbonyl (C=O) groups is 1. The van der Waals surface area contributed by atoms with Crippen LogP contribution in [0.4, 0.5) is 13.2 Å². The number of amides is 1. The van der Waals surface area contributed by atoms with Gasteiger partial charge in [0.25, 0.3) is 11.8 Å². The van der Waals surface area contributed by atoms with Crippen LogP contribution in [-0.2, 0) is 0 Å². The van der Waals surface area contributed by atoms with E-state index in [1.165, 1.54) is 11.0 Å². The molecule has 0 aromatic heterocycles. The number of likely N-dealkylation sites (tertiary alicyclic amines) is 2. The van der Waals surface area contributed by atoms with Gasteiger partial charge in [0.1, 0.15) is 5.82 Å². The van der Waals surface area contributed by atoms with Gasteiger partial charge in [-0.25, -0.2) is 13.2 Å². The van der Waals surface area contributed by atoms with E-state index in [-0.39, 0.29) is 35.6 Å². The van der Waals surface area contributed by atoms with Crippen molar-refractivity contribution in [2.75, 3.05) is 26.2 Å². The molecule has 23 heavy (non-hydrogen) atoms. The predicted molar refractivity (Wildman–Crippen MR) is 78.2 cm³/mol. The first-order valence-corrected chi connectivity index (χ1v) is 7.67. The Labute approximate surface area is 136 Å². The lowest BCUT2D eigenvalue weighted by atomic mass is 10.0. The summed E-state index contributed by atoms with van der Waals surface area (Å²) < 4.78 is 40.0. The van der Waals surface area contributed by atoms with Gasteiger partial charge in [-0.2, -0.15) is 0 Å². The van der Waals surface area contributed by atoms with Gasteiger partial charge >= 0.3 is 0 Å². The van der Waals surface area contributed by atoms with Crippen LogP contribution in [0.25, 0.3) is 0 Å². The fourth-order valence-electron chi connectivity index (χ4n) is 3.18. The molecule has 2 aliphatic rings. The smallest absolute Gasteiger partial charge is 0.262 e. The fraction of sp³-hybridized carbons (Fsp3) is 0.533. The summed E-state index contributed by atoms with van der Waals surface area (Å²) in [7, 11) is 0. The molecule has 1 aromatic rings. The molecular formula is C15H16ClF3N2O2. The third-order valence-electron chi connectivity index (χ3n) is 4.41. The summed E-state index contributed by atoms with van der Waals surface area (Å²) in [5.41, 5.74) is 0.192. The summed E-state index contributed by atoms with van der Waals surface area (Å²) in [6, 6.07) is 2.74. The van der Waals surface area contributed by atoms with Gasteiger partial charge in [-0.1, -0.05) is 11.6 Å². The number of hydrogen-bond donors (Lipinski definition) is 1. The molecule has 0 aliphatic carbocycles. The van der Waals surface area contributed by atoms with Crippen LogP contribution in [0.1, 0.15) is 16.8 Å². The second-order valence-electron chi connectivity index (χ2n) is 6.06. The maximum absolute atomic E-state index is 13.5. The first kappa shape index (κ1) is 16.5. The lowest BCUT2D eigenvalue weighted by Gasteiger charge is -2.45. The van der Waals surface area contributed by atoms with Gasteiger partial charge in [0.2, 0.25) is 0 Å². The number of aliphatic hydroxyl groups is 1. The van der Waals surface area contributed by atoms with Crippen molar-refractivity contribution in [1.82, 2.24) is 9.80 Å². The molecule has 4 nitrogen and oxygen atoms in total. The van der Waals surface area contributed by atoms with Crippen molar-refractivity contribution < 1.29 is 23.1 Å². The minimum absolute atomic E-state index is 0.0272. The molecule has 1 N–H and O–H groups in total. The number of nitrogens with zero attached hydrogens (tertiary/aromatic N) is 2. The number of aliphatic hydroxyl groups excluding tert-OH is 1. The molecule has 8 heteroatoms. The number of alkyl halides is 2. The average Bonchev–Trinajstić information content (AvgIpc) is 2.72. The molecule has 126 valence electrons. The highest BCUT2D eigenvalue weighted by atomic mass is 35.5. The summed E-state index contributed by atoms with van der Waals surface area (Å²) in [5, 5.41) is 9.27. The maximum Gasteiger partial charge on any atom is 0.262 e. The van der Waals surface area contributed by atoms with E-state index < -0.39 is 24.3 Å². The first-order chi connectivity index (χ1) is 10.8. The second-order valence-corrected chi connectivity index (χ2v) is 6.46. The van der Waals surface area contributed by atoms with Crippen LogP contribution < -0.4 is 0 Å². The largest absolute Gasteiger partial charge is 0.395 e. The lowest BCUT2D eigenvalue weighted by molar-refractivity contribution is -0.0125. The van der Waals surface area contributed by atoms with Gasteiger partial charge in [-0.3, -0.25) is 9.69 Å². The van der Waals surface area contributed by atoms with E-state index in [9.17, 15) is 23.1 Å². The van der Waals surface area contributed by atoms with E-state index in [1.54, 1.807) is 4.90 Å². The molecule has 1 aromatic carbocycles. The van der Waals surface area contributed by atoms with Crippen LogP contribution in [-0.4, -0.2) is 65.1 Å². The monoisotopic (exact) mass is 348 g/mol. The van der Waals surface area contributed by atoms with Crippen LogP contribution >= 0.6 is 11.6 Å². The van der Waals surface area contributed by atoms with Crippen molar-refractivity contribution in [3.8, 4) is 0 Å². The van der Waals surface area contributed by atoms with Crippen molar-refractivity contribution >= 4 is 17.5 Å². The number of benzene rings is 1. The third kappa shape index (κ3) is 3.18. The van der Waals surface area contributed by atoms with Crippen molar-refractivity contribution in [1.29, 1.82) is 0 Å². The summed E-state index contributed by atoms with van der Waals surface area (Å²) in [5.74, 6) is -3.69. The van der Waals surface area contributed by atoms with Crippen LogP contribution in [0.5, 0.6) is 0 Å². The Bertz CT molecular complexity index is 623. The van der Waals surface area contributed by atoms with E-state index in [2.05, 4.69) is 0 Å². The zero-order valence-electron chi connectivity index (χ0n) is 12.2. The molecular weight excluding hydrogens is 333 g/mol. The Morgan fingerprint density at radius 2 is 2.09 bits per heavy atom. The van der Waals surface area contributed by atoms with E-state index in [0.717, 1.165) is 12.1 Å². The van der Waals surface area contributed by atoms with Crippen molar-refractivity contribution in [2.24, 2.45) is 0 Å². The standard InChI is InChI=1S/C15H16ClF3N2O2/c16-13-3-9(17)1-2-12(13)14(23)20-5-11(6-20)21-8-15(18,19)4-10(21)7-22/h1-3,10-11,22H,4-8H2/t10-/m0/s1. The summed E-state index contributed by atoms with van der Waals surface area (Å²) in [6.07, 6.45) is -0.363. The van der Waals surface area contributed by atoms with E-state index in [0.29, 0.717) is 13.1 Å². The van der Waals surface area contributed by atoms with Gasteiger partial charge in [0.15, 0.2) is 0 Å². The molecule has 2 fully saturated rings. The molecule has 0 spiro atoms. The van der Waals surface area contributed by atoms with Gasteiger partial charge in [0.05, 0.1) is 23.7 Å². The molecule has 1 atom stereocenters. The highest BCUT2D eigenvalue weighted by Gasteiger charge is 2.50. The Morgan fingerprint density at radius 1 is 1.39 bits per heavy atom. The number of rotatable bonds is 3. The molecule has 0 bridgehead atoms. The van der Waals surface area contributed by atoms with Crippen LogP contribution in [0.2, 0.25) is 5.02 Å². The van der Waals surface area contributed by atoms with Gasteiger partial charge in [0, 0.05) is 31.6 Å². The van der Waals surface area contributed by atoms with E-state index in [1.807, 2.05) is 0 Å². The second kappa shape index (κ2) is 5.96. The number of hydrogen-bond acceptors (Lipinski definition) is 3. The third-order valence-corrected chi connectivity index (χ3v) is 4.72.